The molecule has 1 fully saturated rings. The van der Waals surface area contributed by atoms with Gasteiger partial charge in [0.1, 0.15) is 17.0 Å². The average molecular weight is 381 g/mol. The molecule has 1 N–H and O–H groups in total. The third kappa shape index (κ3) is 4.68. The van der Waals surface area contributed by atoms with E-state index in [1.54, 1.807) is 6.20 Å². The van der Waals surface area contributed by atoms with Crippen molar-refractivity contribution >= 4 is 34.0 Å². The molecule has 25 heavy (non-hydrogen) atoms. The van der Waals surface area contributed by atoms with Gasteiger partial charge in [0, 0.05) is 43.5 Å². The van der Waals surface area contributed by atoms with Crippen LogP contribution in [0.3, 0.4) is 0 Å². The number of amides is 1. The molecule has 0 aromatic carbocycles. The maximum atomic E-state index is 11.1. The highest BCUT2D eigenvalue weighted by atomic mass is 35.5. The highest BCUT2D eigenvalue weighted by Gasteiger charge is 2.31. The normalized spacial score (nSPS) is 20.6. The van der Waals surface area contributed by atoms with Gasteiger partial charge in [0.25, 0.3) is 0 Å². The van der Waals surface area contributed by atoms with Crippen molar-refractivity contribution in [3.63, 3.8) is 0 Å². The van der Waals surface area contributed by atoms with Crippen molar-refractivity contribution in [1.82, 2.24) is 14.9 Å². The fourth-order valence-electron chi connectivity index (χ4n) is 2.95. The van der Waals surface area contributed by atoms with Crippen molar-refractivity contribution in [3.8, 4) is 5.75 Å². The van der Waals surface area contributed by atoms with Gasteiger partial charge >= 0.3 is 0 Å². The Hall–Kier alpha value is -1.70. The molecule has 1 saturated heterocycles. The minimum Gasteiger partial charge on any atom is -0.487 e. The Morgan fingerprint density at radius 3 is 3.00 bits per heavy atom. The van der Waals surface area contributed by atoms with Gasteiger partial charge in [-0.1, -0.05) is 11.6 Å². The van der Waals surface area contributed by atoms with Gasteiger partial charge in [0.05, 0.1) is 6.20 Å². The van der Waals surface area contributed by atoms with Crippen LogP contribution >= 0.6 is 22.9 Å². The van der Waals surface area contributed by atoms with Crippen LogP contribution in [0.2, 0.25) is 5.15 Å². The van der Waals surface area contributed by atoms with Gasteiger partial charge in [-0.05, 0) is 25.5 Å². The number of hydrogen-bond acceptors (Lipinski definition) is 6. The van der Waals surface area contributed by atoms with E-state index in [-0.39, 0.29) is 12.0 Å². The monoisotopic (exact) mass is 380 g/mol. The quantitative estimate of drug-likeness (QED) is 0.804. The second-order valence-electron chi connectivity index (χ2n) is 6.34. The molecule has 1 aliphatic heterocycles. The molecular weight excluding hydrogens is 360 g/mol. The molecule has 0 unspecified atom stereocenters. The molecule has 8 heteroatoms. The number of anilines is 1. The lowest BCUT2D eigenvalue weighted by Gasteiger charge is -2.19. The van der Waals surface area contributed by atoms with Gasteiger partial charge in [-0.25, -0.2) is 9.97 Å². The van der Waals surface area contributed by atoms with Gasteiger partial charge in [-0.3, -0.25) is 9.69 Å². The van der Waals surface area contributed by atoms with Crippen LogP contribution in [-0.2, 0) is 11.3 Å². The summed E-state index contributed by atoms with van der Waals surface area (Å²) in [5, 5.41) is 3.84. The SMILES string of the molecule is CC(=O)Nc1ncc(CN2C[C@H](Oc3cnc(Cl)cc3C)C[C@@H]2C)s1. The summed E-state index contributed by atoms with van der Waals surface area (Å²) in [7, 11) is 0. The number of halogens is 1. The Bertz CT molecular complexity index is 767. The lowest BCUT2D eigenvalue weighted by molar-refractivity contribution is -0.114. The second kappa shape index (κ2) is 7.68. The van der Waals surface area contributed by atoms with Gasteiger partial charge in [-0.15, -0.1) is 11.3 Å². The molecule has 134 valence electrons. The number of aryl methyl sites for hydroxylation is 1. The fraction of sp³-hybridized carbons (Fsp3) is 0.471. The third-order valence-corrected chi connectivity index (χ3v) is 5.29. The number of hydrogen-bond donors (Lipinski definition) is 1. The summed E-state index contributed by atoms with van der Waals surface area (Å²) in [6.07, 6.45) is 4.59. The van der Waals surface area contributed by atoms with Crippen molar-refractivity contribution in [3.05, 3.63) is 34.1 Å². The maximum Gasteiger partial charge on any atom is 0.223 e. The molecule has 0 radical (unpaired) electrons. The topological polar surface area (TPSA) is 67.4 Å². The lowest BCUT2D eigenvalue weighted by atomic mass is 10.2. The van der Waals surface area contributed by atoms with Crippen LogP contribution in [0.25, 0.3) is 0 Å². The Morgan fingerprint density at radius 2 is 2.28 bits per heavy atom. The molecule has 6 nitrogen and oxygen atoms in total. The molecule has 2 aromatic rings. The summed E-state index contributed by atoms with van der Waals surface area (Å²) >= 11 is 7.41. The molecule has 1 aliphatic rings. The predicted molar refractivity (Wildman–Crippen MR) is 99.3 cm³/mol. The first-order chi connectivity index (χ1) is 11.9. The molecule has 0 saturated carbocycles. The van der Waals surface area contributed by atoms with Crippen LogP contribution in [0.4, 0.5) is 5.13 Å². The number of nitrogens with zero attached hydrogens (tertiary/aromatic N) is 3. The van der Waals surface area contributed by atoms with Crippen LogP contribution in [0.5, 0.6) is 5.75 Å². The standard InChI is InChI=1S/C17H21ClN4O2S/c1-10-4-16(18)19-7-15(10)24-13-5-11(2)22(8-13)9-14-6-20-17(25-14)21-12(3)23/h4,6-7,11,13H,5,8-9H2,1-3H3,(H,20,21,23)/t11-,13+/m0/s1. The van der Waals surface area contributed by atoms with Gasteiger partial charge < -0.3 is 10.1 Å². The number of ether oxygens (including phenoxy) is 1. The Labute approximate surface area is 156 Å². The Kier molecular flexibility index (Phi) is 5.56. The molecule has 1 amide bonds. The molecule has 2 atom stereocenters. The van der Waals surface area contributed by atoms with Crippen molar-refractivity contribution in [2.24, 2.45) is 0 Å². The number of aromatic nitrogens is 2. The highest BCUT2D eigenvalue weighted by molar-refractivity contribution is 7.15. The van der Waals surface area contributed by atoms with Crippen molar-refractivity contribution in [2.45, 2.75) is 45.9 Å². The zero-order valence-electron chi connectivity index (χ0n) is 14.5. The molecule has 2 aromatic heterocycles. The van der Waals surface area contributed by atoms with E-state index in [0.29, 0.717) is 16.3 Å². The second-order valence-corrected chi connectivity index (χ2v) is 7.84. The minimum atomic E-state index is -0.101. The Balaban J connectivity index is 1.59. The molecule has 0 spiro atoms. The van der Waals surface area contributed by atoms with Gasteiger partial charge in [0.15, 0.2) is 5.13 Å². The summed E-state index contributed by atoms with van der Waals surface area (Å²) in [4.78, 5) is 22.9. The summed E-state index contributed by atoms with van der Waals surface area (Å²) in [6, 6.07) is 2.23. The Morgan fingerprint density at radius 1 is 1.48 bits per heavy atom. The van der Waals surface area contributed by atoms with E-state index in [2.05, 4.69) is 27.1 Å². The van der Waals surface area contributed by atoms with Gasteiger partial charge in [0.2, 0.25) is 5.91 Å². The summed E-state index contributed by atoms with van der Waals surface area (Å²) < 4.78 is 6.13. The smallest absolute Gasteiger partial charge is 0.223 e. The first-order valence-electron chi connectivity index (χ1n) is 8.16. The van der Waals surface area contributed by atoms with Crippen LogP contribution in [0.15, 0.2) is 18.5 Å². The first-order valence-corrected chi connectivity index (χ1v) is 9.35. The average Bonchev–Trinajstić information content (AvgIpc) is 3.09. The predicted octanol–water partition coefficient (Wildman–Crippen LogP) is 3.50. The first kappa shape index (κ1) is 18.1. The number of nitrogens with one attached hydrogen (secondary N) is 1. The minimum absolute atomic E-state index is 0.101. The summed E-state index contributed by atoms with van der Waals surface area (Å²) in [5.41, 5.74) is 0.994. The van der Waals surface area contributed by atoms with E-state index in [1.807, 2.05) is 19.2 Å². The van der Waals surface area contributed by atoms with Gasteiger partial charge in [-0.2, -0.15) is 0 Å². The van der Waals surface area contributed by atoms with E-state index in [9.17, 15) is 4.79 Å². The highest BCUT2D eigenvalue weighted by Crippen LogP contribution is 2.28. The molecule has 0 aliphatic carbocycles. The zero-order chi connectivity index (χ0) is 18.0. The van der Waals surface area contributed by atoms with E-state index in [1.165, 1.54) is 18.3 Å². The van der Waals surface area contributed by atoms with Crippen LogP contribution in [0, 0.1) is 6.92 Å². The molecular formula is C17H21ClN4O2S. The van der Waals surface area contributed by atoms with E-state index in [0.717, 1.165) is 35.7 Å². The molecule has 3 rings (SSSR count). The number of pyridine rings is 1. The third-order valence-electron chi connectivity index (χ3n) is 4.18. The lowest BCUT2D eigenvalue weighted by Crippen LogP contribution is -2.27. The summed E-state index contributed by atoms with van der Waals surface area (Å²) in [6.45, 7) is 7.30. The number of thiazole rings is 1. The number of likely N-dealkylation sites (tertiary alicyclic amines) is 1. The number of rotatable bonds is 5. The largest absolute Gasteiger partial charge is 0.487 e. The van der Waals surface area contributed by atoms with Crippen molar-refractivity contribution in [1.29, 1.82) is 0 Å². The number of carbonyl (C=O) groups excluding carboxylic acids is 1. The van der Waals surface area contributed by atoms with Crippen LogP contribution in [0.1, 0.15) is 30.7 Å². The van der Waals surface area contributed by atoms with E-state index in [4.69, 9.17) is 16.3 Å². The maximum absolute atomic E-state index is 11.1. The number of carbonyl (C=O) groups is 1. The van der Waals surface area contributed by atoms with E-state index >= 15 is 0 Å². The van der Waals surface area contributed by atoms with Crippen molar-refractivity contribution < 1.29 is 9.53 Å². The van der Waals surface area contributed by atoms with Crippen molar-refractivity contribution in [2.75, 3.05) is 11.9 Å². The van der Waals surface area contributed by atoms with Crippen LogP contribution < -0.4 is 10.1 Å². The molecule has 0 bridgehead atoms. The van der Waals surface area contributed by atoms with E-state index < -0.39 is 0 Å². The zero-order valence-corrected chi connectivity index (χ0v) is 16.0. The fourth-order valence-corrected chi connectivity index (χ4v) is 4.05. The molecule has 3 heterocycles. The summed E-state index contributed by atoms with van der Waals surface area (Å²) in [5.74, 6) is 0.685. The van der Waals surface area contributed by atoms with Crippen LogP contribution in [-0.4, -0.2) is 39.5 Å².